The fourth-order valence-corrected chi connectivity index (χ4v) is 1.38. The van der Waals surface area contributed by atoms with E-state index in [9.17, 15) is 4.79 Å². The van der Waals surface area contributed by atoms with Gasteiger partial charge in [-0.25, -0.2) is 4.98 Å². The van der Waals surface area contributed by atoms with Gasteiger partial charge in [0.25, 0.3) is 0 Å². The number of rotatable bonds is 2. The standard InChI is InChI=1S/C11H12N2O/c1-8(2)10-6-13-5-9(7-14)3-4-11(13)12-10/h3-8H,1-2H3. The third-order valence-corrected chi connectivity index (χ3v) is 2.22. The zero-order valence-corrected chi connectivity index (χ0v) is 8.27. The Morgan fingerprint density at radius 3 is 2.79 bits per heavy atom. The average Bonchev–Trinajstić information content (AvgIpc) is 2.59. The monoisotopic (exact) mass is 188 g/mol. The largest absolute Gasteiger partial charge is 0.306 e. The van der Waals surface area contributed by atoms with Gasteiger partial charge in [-0.1, -0.05) is 13.8 Å². The van der Waals surface area contributed by atoms with Crippen LogP contribution in [0.1, 0.15) is 35.8 Å². The number of hydrogen-bond acceptors (Lipinski definition) is 2. The number of aromatic nitrogens is 2. The predicted octanol–water partition coefficient (Wildman–Crippen LogP) is 2.27. The second kappa shape index (κ2) is 3.25. The summed E-state index contributed by atoms with van der Waals surface area (Å²) in [6.07, 6.45) is 4.60. The molecule has 0 aliphatic heterocycles. The highest BCUT2D eigenvalue weighted by Gasteiger charge is 2.05. The first-order chi connectivity index (χ1) is 6.70. The molecule has 14 heavy (non-hydrogen) atoms. The molecule has 0 aliphatic rings. The molecule has 0 spiro atoms. The molecule has 0 saturated heterocycles. The van der Waals surface area contributed by atoms with E-state index in [-0.39, 0.29) is 0 Å². The van der Waals surface area contributed by atoms with Crippen LogP contribution in [0.3, 0.4) is 0 Å². The second-order valence-electron chi connectivity index (χ2n) is 3.67. The van der Waals surface area contributed by atoms with Gasteiger partial charge in [-0.15, -0.1) is 0 Å². The number of hydrogen-bond donors (Lipinski definition) is 0. The summed E-state index contributed by atoms with van der Waals surface area (Å²) >= 11 is 0. The van der Waals surface area contributed by atoms with E-state index in [0.717, 1.165) is 17.6 Å². The van der Waals surface area contributed by atoms with Gasteiger partial charge >= 0.3 is 0 Å². The minimum atomic E-state index is 0.412. The summed E-state index contributed by atoms with van der Waals surface area (Å²) in [6.45, 7) is 4.20. The van der Waals surface area contributed by atoms with Gasteiger partial charge < -0.3 is 4.40 Å². The van der Waals surface area contributed by atoms with Gasteiger partial charge in [-0.2, -0.15) is 0 Å². The van der Waals surface area contributed by atoms with E-state index in [2.05, 4.69) is 18.8 Å². The summed E-state index contributed by atoms with van der Waals surface area (Å²) in [4.78, 5) is 15.0. The first-order valence-electron chi connectivity index (χ1n) is 4.64. The second-order valence-corrected chi connectivity index (χ2v) is 3.67. The van der Waals surface area contributed by atoms with Crippen molar-refractivity contribution in [3.8, 4) is 0 Å². The van der Waals surface area contributed by atoms with Crippen LogP contribution in [0.25, 0.3) is 5.65 Å². The summed E-state index contributed by atoms with van der Waals surface area (Å²) in [7, 11) is 0. The summed E-state index contributed by atoms with van der Waals surface area (Å²) < 4.78 is 1.89. The van der Waals surface area contributed by atoms with Crippen LogP contribution in [-0.2, 0) is 0 Å². The van der Waals surface area contributed by atoms with E-state index in [1.807, 2.05) is 16.7 Å². The normalized spacial score (nSPS) is 11.1. The van der Waals surface area contributed by atoms with Crippen molar-refractivity contribution < 1.29 is 4.79 Å². The SMILES string of the molecule is CC(C)c1cn2cc(C=O)ccc2n1. The summed E-state index contributed by atoms with van der Waals surface area (Å²) in [5.41, 5.74) is 2.61. The first-order valence-corrected chi connectivity index (χ1v) is 4.64. The van der Waals surface area contributed by atoms with Gasteiger partial charge in [0.15, 0.2) is 6.29 Å². The molecule has 2 aromatic rings. The molecule has 0 aromatic carbocycles. The van der Waals surface area contributed by atoms with Crippen LogP contribution < -0.4 is 0 Å². The smallest absolute Gasteiger partial charge is 0.151 e. The average molecular weight is 188 g/mol. The highest BCUT2D eigenvalue weighted by molar-refractivity contribution is 5.74. The van der Waals surface area contributed by atoms with Crippen molar-refractivity contribution >= 4 is 11.9 Å². The molecule has 3 nitrogen and oxygen atoms in total. The maximum Gasteiger partial charge on any atom is 0.151 e. The quantitative estimate of drug-likeness (QED) is 0.677. The molecule has 2 aromatic heterocycles. The number of nitrogens with zero attached hydrogens (tertiary/aromatic N) is 2. The van der Waals surface area contributed by atoms with Gasteiger partial charge in [0.05, 0.1) is 5.69 Å². The van der Waals surface area contributed by atoms with Crippen LogP contribution >= 0.6 is 0 Å². The zero-order valence-electron chi connectivity index (χ0n) is 8.27. The Labute approximate surface area is 82.4 Å². The number of imidazole rings is 1. The lowest BCUT2D eigenvalue weighted by molar-refractivity contribution is 0.112. The number of pyridine rings is 1. The van der Waals surface area contributed by atoms with Gasteiger partial charge in [0.1, 0.15) is 5.65 Å². The molecule has 0 bridgehead atoms. The minimum absolute atomic E-state index is 0.412. The Morgan fingerprint density at radius 1 is 1.36 bits per heavy atom. The van der Waals surface area contributed by atoms with Crippen molar-refractivity contribution in [2.75, 3.05) is 0 Å². The van der Waals surface area contributed by atoms with Crippen molar-refractivity contribution in [1.82, 2.24) is 9.38 Å². The van der Waals surface area contributed by atoms with Gasteiger partial charge in [-0.05, 0) is 18.1 Å². The van der Waals surface area contributed by atoms with E-state index in [4.69, 9.17) is 0 Å². The van der Waals surface area contributed by atoms with Crippen molar-refractivity contribution in [2.24, 2.45) is 0 Å². The van der Waals surface area contributed by atoms with Crippen molar-refractivity contribution in [2.45, 2.75) is 19.8 Å². The van der Waals surface area contributed by atoms with Crippen LogP contribution in [-0.4, -0.2) is 15.7 Å². The number of carbonyl (C=O) groups excluding carboxylic acids is 1. The minimum Gasteiger partial charge on any atom is -0.306 e. The van der Waals surface area contributed by atoms with E-state index in [1.54, 1.807) is 12.3 Å². The Bertz CT molecular complexity index is 471. The summed E-state index contributed by atoms with van der Waals surface area (Å²) in [6, 6.07) is 3.63. The van der Waals surface area contributed by atoms with Crippen molar-refractivity contribution in [3.63, 3.8) is 0 Å². The molecule has 2 rings (SSSR count). The number of fused-ring (bicyclic) bond motifs is 1. The Balaban J connectivity index is 2.59. The highest BCUT2D eigenvalue weighted by atomic mass is 16.1. The third kappa shape index (κ3) is 1.41. The Hall–Kier alpha value is -1.64. The Kier molecular flexibility index (Phi) is 2.08. The van der Waals surface area contributed by atoms with Gasteiger partial charge in [0, 0.05) is 18.0 Å². The molecule has 72 valence electrons. The summed E-state index contributed by atoms with van der Waals surface area (Å²) in [5.74, 6) is 0.412. The van der Waals surface area contributed by atoms with Crippen LogP contribution in [0.4, 0.5) is 0 Å². The van der Waals surface area contributed by atoms with Gasteiger partial charge in [-0.3, -0.25) is 4.79 Å². The molecule has 0 unspecified atom stereocenters. The molecule has 0 atom stereocenters. The molecule has 0 radical (unpaired) electrons. The molecule has 0 aliphatic carbocycles. The highest BCUT2D eigenvalue weighted by Crippen LogP contribution is 2.14. The third-order valence-electron chi connectivity index (χ3n) is 2.22. The topological polar surface area (TPSA) is 34.4 Å². The molecular weight excluding hydrogens is 176 g/mol. The van der Waals surface area contributed by atoms with Crippen LogP contribution in [0, 0.1) is 0 Å². The van der Waals surface area contributed by atoms with Crippen molar-refractivity contribution in [3.05, 3.63) is 35.8 Å². The van der Waals surface area contributed by atoms with Crippen LogP contribution in [0.5, 0.6) is 0 Å². The lowest BCUT2D eigenvalue weighted by Gasteiger charge is -1.94. The molecular formula is C11H12N2O. The zero-order chi connectivity index (χ0) is 10.1. The van der Waals surface area contributed by atoms with Crippen molar-refractivity contribution in [1.29, 1.82) is 0 Å². The number of aldehydes is 1. The summed E-state index contributed by atoms with van der Waals surface area (Å²) in [5, 5.41) is 0. The maximum atomic E-state index is 10.6. The van der Waals surface area contributed by atoms with Gasteiger partial charge in [0.2, 0.25) is 0 Å². The van der Waals surface area contributed by atoms with E-state index < -0.39 is 0 Å². The van der Waals surface area contributed by atoms with E-state index in [1.165, 1.54) is 0 Å². The maximum absolute atomic E-state index is 10.6. The number of carbonyl (C=O) groups is 1. The fourth-order valence-electron chi connectivity index (χ4n) is 1.38. The van der Waals surface area contributed by atoms with Crippen LogP contribution in [0.15, 0.2) is 24.5 Å². The molecule has 0 amide bonds. The predicted molar refractivity (Wildman–Crippen MR) is 54.7 cm³/mol. The van der Waals surface area contributed by atoms with E-state index >= 15 is 0 Å². The molecule has 0 fully saturated rings. The Morgan fingerprint density at radius 2 is 2.14 bits per heavy atom. The lowest BCUT2D eigenvalue weighted by Crippen LogP contribution is -1.86. The lowest BCUT2D eigenvalue weighted by atomic mass is 10.2. The molecule has 0 saturated carbocycles. The van der Waals surface area contributed by atoms with Crippen LogP contribution in [0.2, 0.25) is 0 Å². The molecule has 2 heterocycles. The fraction of sp³-hybridized carbons (Fsp3) is 0.273. The molecule has 3 heteroatoms. The van der Waals surface area contributed by atoms with E-state index in [0.29, 0.717) is 11.5 Å². The first kappa shape index (κ1) is 8.94. The molecule has 0 N–H and O–H groups in total.